The first-order valence-corrected chi connectivity index (χ1v) is 9.29. The van der Waals surface area contributed by atoms with Crippen LogP contribution in [0.4, 0.5) is 0 Å². The quantitative estimate of drug-likeness (QED) is 0.817. The molecule has 0 bridgehead atoms. The molecule has 3 rings (SSSR count). The van der Waals surface area contributed by atoms with E-state index in [0.717, 1.165) is 16.9 Å². The van der Waals surface area contributed by atoms with E-state index in [1.54, 1.807) is 12.0 Å². The minimum atomic E-state index is -0.476. The van der Waals surface area contributed by atoms with Crippen LogP contribution in [0.5, 0.6) is 5.75 Å². The molecule has 5 heteroatoms. The Morgan fingerprint density at radius 2 is 1.96 bits per heavy atom. The van der Waals surface area contributed by atoms with Gasteiger partial charge in [0.15, 0.2) is 0 Å². The molecule has 1 atom stereocenters. The molecule has 2 aromatic rings. The van der Waals surface area contributed by atoms with Crippen molar-refractivity contribution >= 4 is 11.8 Å². The smallest absolute Gasteiger partial charge is 0.255 e. The number of fused-ring (bicyclic) bond motifs is 1. The zero-order valence-corrected chi connectivity index (χ0v) is 16.1. The van der Waals surface area contributed by atoms with Crippen LogP contribution < -0.4 is 10.1 Å². The van der Waals surface area contributed by atoms with Gasteiger partial charge in [-0.05, 0) is 41.7 Å². The maximum atomic E-state index is 13.0. The van der Waals surface area contributed by atoms with Gasteiger partial charge in [-0.3, -0.25) is 9.59 Å². The Kier molecular flexibility index (Phi) is 5.79. The molecule has 1 aliphatic rings. The summed E-state index contributed by atoms with van der Waals surface area (Å²) in [7, 11) is 1.62. The number of rotatable bonds is 7. The van der Waals surface area contributed by atoms with Crippen LogP contribution in [-0.4, -0.2) is 29.9 Å². The van der Waals surface area contributed by atoms with Gasteiger partial charge in [0.1, 0.15) is 11.8 Å². The minimum absolute atomic E-state index is 0.0622. The Bertz CT molecular complexity index is 832. The molecule has 1 heterocycles. The van der Waals surface area contributed by atoms with Gasteiger partial charge in [0.25, 0.3) is 5.91 Å². The van der Waals surface area contributed by atoms with Crippen LogP contribution in [0.1, 0.15) is 41.8 Å². The molecule has 0 aromatic heterocycles. The Hall–Kier alpha value is -2.82. The normalized spacial score (nSPS) is 14.2. The Balaban J connectivity index is 1.73. The number of nitrogens with one attached hydrogen (secondary N) is 1. The molecule has 0 fully saturated rings. The fourth-order valence-corrected chi connectivity index (χ4v) is 3.44. The van der Waals surface area contributed by atoms with E-state index in [9.17, 15) is 9.59 Å². The standard InChI is InChI=1S/C22H26N2O3/c1-15(2)11-20(24-14-17-8-4-5-10-19(17)22(24)26)21(25)23-13-16-7-6-9-18(12-16)27-3/h4-10,12,15,20H,11,13-14H2,1-3H3,(H,23,25)/t20-/m0/s1. The molecule has 1 N–H and O–H groups in total. The van der Waals surface area contributed by atoms with Crippen LogP contribution in [0.15, 0.2) is 48.5 Å². The summed E-state index contributed by atoms with van der Waals surface area (Å²) in [4.78, 5) is 27.5. The molecular weight excluding hydrogens is 340 g/mol. The summed E-state index contributed by atoms with van der Waals surface area (Å²) < 4.78 is 5.23. The van der Waals surface area contributed by atoms with Crippen LogP contribution in [0.3, 0.4) is 0 Å². The Morgan fingerprint density at radius 3 is 2.67 bits per heavy atom. The van der Waals surface area contributed by atoms with E-state index in [1.165, 1.54) is 0 Å². The zero-order valence-electron chi connectivity index (χ0n) is 16.1. The number of hydrogen-bond donors (Lipinski definition) is 1. The van der Waals surface area contributed by atoms with Gasteiger partial charge in [0, 0.05) is 18.7 Å². The van der Waals surface area contributed by atoms with E-state index >= 15 is 0 Å². The number of hydrogen-bond acceptors (Lipinski definition) is 3. The van der Waals surface area contributed by atoms with Crippen molar-refractivity contribution in [3.8, 4) is 5.75 Å². The third-order valence-electron chi connectivity index (χ3n) is 4.82. The molecule has 5 nitrogen and oxygen atoms in total. The SMILES string of the molecule is COc1cccc(CNC(=O)[C@H](CC(C)C)N2Cc3ccccc3C2=O)c1. The highest BCUT2D eigenvalue weighted by Crippen LogP contribution is 2.27. The van der Waals surface area contributed by atoms with Crippen molar-refractivity contribution < 1.29 is 14.3 Å². The largest absolute Gasteiger partial charge is 0.497 e. The van der Waals surface area contributed by atoms with Crippen LogP contribution in [-0.2, 0) is 17.9 Å². The molecule has 0 unspecified atom stereocenters. The van der Waals surface area contributed by atoms with Crippen LogP contribution in [0.25, 0.3) is 0 Å². The maximum absolute atomic E-state index is 13.0. The molecule has 0 aliphatic carbocycles. The number of methoxy groups -OCH3 is 1. The van der Waals surface area contributed by atoms with E-state index < -0.39 is 6.04 Å². The molecule has 2 amide bonds. The Morgan fingerprint density at radius 1 is 1.19 bits per heavy atom. The lowest BCUT2D eigenvalue weighted by Gasteiger charge is -2.28. The highest BCUT2D eigenvalue weighted by Gasteiger charge is 2.36. The second-order valence-corrected chi connectivity index (χ2v) is 7.30. The van der Waals surface area contributed by atoms with Crippen LogP contribution >= 0.6 is 0 Å². The minimum Gasteiger partial charge on any atom is -0.497 e. The Labute approximate surface area is 160 Å². The van der Waals surface area contributed by atoms with Crippen molar-refractivity contribution in [3.05, 3.63) is 65.2 Å². The lowest BCUT2D eigenvalue weighted by atomic mass is 10.0. The van der Waals surface area contributed by atoms with Gasteiger partial charge in [0.2, 0.25) is 5.91 Å². The van der Waals surface area contributed by atoms with Crippen molar-refractivity contribution in [2.45, 2.75) is 39.4 Å². The van der Waals surface area contributed by atoms with Gasteiger partial charge in [-0.25, -0.2) is 0 Å². The van der Waals surface area contributed by atoms with Crippen molar-refractivity contribution in [1.29, 1.82) is 0 Å². The van der Waals surface area contributed by atoms with E-state index in [4.69, 9.17) is 4.74 Å². The first-order valence-electron chi connectivity index (χ1n) is 9.29. The summed E-state index contributed by atoms with van der Waals surface area (Å²) in [6.45, 7) is 5.02. The number of amides is 2. The molecule has 27 heavy (non-hydrogen) atoms. The summed E-state index contributed by atoms with van der Waals surface area (Å²) in [5, 5.41) is 2.99. The molecule has 1 aliphatic heterocycles. The third-order valence-corrected chi connectivity index (χ3v) is 4.82. The lowest BCUT2D eigenvalue weighted by Crippen LogP contribution is -2.47. The molecule has 142 valence electrons. The predicted molar refractivity (Wildman–Crippen MR) is 104 cm³/mol. The summed E-state index contributed by atoms with van der Waals surface area (Å²) >= 11 is 0. The van der Waals surface area contributed by atoms with Crippen LogP contribution in [0, 0.1) is 5.92 Å². The van der Waals surface area contributed by atoms with Crippen molar-refractivity contribution in [1.82, 2.24) is 10.2 Å². The monoisotopic (exact) mass is 366 g/mol. The summed E-state index contributed by atoms with van der Waals surface area (Å²) in [5.74, 6) is 0.875. The fourth-order valence-electron chi connectivity index (χ4n) is 3.44. The first-order chi connectivity index (χ1) is 13.0. The van der Waals surface area contributed by atoms with Gasteiger partial charge in [-0.2, -0.15) is 0 Å². The third kappa shape index (κ3) is 4.30. The molecule has 0 spiro atoms. The molecule has 0 saturated carbocycles. The predicted octanol–water partition coefficient (Wildman–Crippen LogP) is 3.38. The van der Waals surface area contributed by atoms with E-state index in [2.05, 4.69) is 19.2 Å². The highest BCUT2D eigenvalue weighted by atomic mass is 16.5. The second kappa shape index (κ2) is 8.25. The zero-order chi connectivity index (χ0) is 19.4. The summed E-state index contributed by atoms with van der Waals surface area (Å²) in [6.07, 6.45) is 0.629. The molecule has 0 radical (unpaired) electrons. The van der Waals surface area contributed by atoms with Crippen molar-refractivity contribution in [2.75, 3.05) is 7.11 Å². The summed E-state index contributed by atoms with van der Waals surface area (Å²) in [6, 6.07) is 14.7. The van der Waals surface area contributed by atoms with Gasteiger partial charge >= 0.3 is 0 Å². The van der Waals surface area contributed by atoms with Gasteiger partial charge in [0.05, 0.1) is 7.11 Å². The van der Waals surface area contributed by atoms with Gasteiger partial charge in [-0.1, -0.05) is 44.2 Å². The number of ether oxygens (including phenoxy) is 1. The molecular formula is C22H26N2O3. The average molecular weight is 366 g/mol. The van der Waals surface area contributed by atoms with E-state index in [0.29, 0.717) is 31.0 Å². The first kappa shape index (κ1) is 19.0. The van der Waals surface area contributed by atoms with Gasteiger partial charge < -0.3 is 15.0 Å². The number of carbonyl (C=O) groups is 2. The second-order valence-electron chi connectivity index (χ2n) is 7.30. The maximum Gasteiger partial charge on any atom is 0.255 e. The molecule has 0 saturated heterocycles. The molecule has 2 aromatic carbocycles. The highest BCUT2D eigenvalue weighted by molar-refractivity contribution is 6.01. The fraction of sp³-hybridized carbons (Fsp3) is 0.364. The number of benzene rings is 2. The number of carbonyl (C=O) groups excluding carboxylic acids is 2. The van der Waals surface area contributed by atoms with E-state index in [-0.39, 0.29) is 11.8 Å². The topological polar surface area (TPSA) is 58.6 Å². The van der Waals surface area contributed by atoms with Crippen molar-refractivity contribution in [2.24, 2.45) is 5.92 Å². The lowest BCUT2D eigenvalue weighted by molar-refractivity contribution is -0.126. The van der Waals surface area contributed by atoms with Crippen LogP contribution in [0.2, 0.25) is 0 Å². The van der Waals surface area contributed by atoms with E-state index in [1.807, 2.05) is 48.5 Å². The average Bonchev–Trinajstić information content (AvgIpc) is 3.01. The van der Waals surface area contributed by atoms with Crippen molar-refractivity contribution in [3.63, 3.8) is 0 Å². The summed E-state index contributed by atoms with van der Waals surface area (Å²) in [5.41, 5.74) is 2.64. The van der Waals surface area contributed by atoms with Gasteiger partial charge in [-0.15, -0.1) is 0 Å². The number of nitrogens with zero attached hydrogens (tertiary/aromatic N) is 1.